The number of hydrogen-bond donors (Lipinski definition) is 3. The van der Waals surface area contributed by atoms with Gasteiger partial charge in [0.05, 0.1) is 7.11 Å². The maximum atomic E-state index is 11.9. The minimum Gasteiger partial charge on any atom is -0.492 e. The Morgan fingerprint density at radius 3 is 2.74 bits per heavy atom. The van der Waals surface area contributed by atoms with Crippen LogP contribution < -0.4 is 21.1 Å². The van der Waals surface area contributed by atoms with Crippen molar-refractivity contribution in [1.82, 2.24) is 5.32 Å². The van der Waals surface area contributed by atoms with Crippen molar-refractivity contribution in [3.63, 3.8) is 0 Å². The number of hydrogen-bond acceptors (Lipinski definition) is 5. The molecule has 0 saturated heterocycles. The van der Waals surface area contributed by atoms with Gasteiger partial charge in [-0.25, -0.2) is 0 Å². The zero-order valence-electron chi connectivity index (χ0n) is 11.6. The van der Waals surface area contributed by atoms with Crippen molar-refractivity contribution in [3.8, 4) is 5.75 Å². The molecule has 19 heavy (non-hydrogen) atoms. The Balaban J connectivity index is 2.17. The number of methoxy groups -OCH3 is 1. The van der Waals surface area contributed by atoms with Crippen LogP contribution in [-0.2, 0) is 0 Å². The number of carbonyl (C=O) groups excluding carboxylic acids is 1. The first-order valence-electron chi connectivity index (χ1n) is 6.49. The lowest BCUT2D eigenvalue weighted by Crippen LogP contribution is -2.22. The summed E-state index contributed by atoms with van der Waals surface area (Å²) in [5.41, 5.74) is 6.79. The monoisotopic (exact) mass is 283 g/mol. The summed E-state index contributed by atoms with van der Waals surface area (Å²) in [6, 6.07) is 0. The van der Waals surface area contributed by atoms with Gasteiger partial charge in [0, 0.05) is 13.1 Å². The third-order valence-electron chi connectivity index (χ3n) is 3.43. The molecule has 4 N–H and O–H groups in total. The van der Waals surface area contributed by atoms with Crippen LogP contribution in [-0.4, -0.2) is 26.1 Å². The van der Waals surface area contributed by atoms with Gasteiger partial charge in [-0.15, -0.1) is 11.3 Å². The lowest BCUT2D eigenvalue weighted by molar-refractivity contribution is 0.0960. The van der Waals surface area contributed by atoms with Crippen LogP contribution in [0.2, 0.25) is 0 Å². The minimum atomic E-state index is -0.144. The number of carbonyl (C=O) groups is 1. The lowest BCUT2D eigenvalue weighted by Gasteiger charge is -2.11. The zero-order valence-corrected chi connectivity index (χ0v) is 12.4. The number of nitrogen functional groups attached to an aromatic ring is 1. The topological polar surface area (TPSA) is 76.4 Å². The second kappa shape index (κ2) is 5.28. The molecule has 0 spiro atoms. The van der Waals surface area contributed by atoms with Crippen molar-refractivity contribution in [2.45, 2.75) is 26.7 Å². The number of anilines is 2. The number of amides is 1. The van der Waals surface area contributed by atoms with Gasteiger partial charge in [-0.1, -0.05) is 6.92 Å². The molecule has 0 radical (unpaired) electrons. The summed E-state index contributed by atoms with van der Waals surface area (Å²) in [6.45, 7) is 5.59. The van der Waals surface area contributed by atoms with Gasteiger partial charge in [-0.2, -0.15) is 0 Å². The second-order valence-electron chi connectivity index (χ2n) is 5.23. The van der Waals surface area contributed by atoms with Crippen molar-refractivity contribution < 1.29 is 9.53 Å². The van der Waals surface area contributed by atoms with Gasteiger partial charge in [-0.3, -0.25) is 4.79 Å². The fourth-order valence-corrected chi connectivity index (χ4v) is 2.84. The van der Waals surface area contributed by atoms with Gasteiger partial charge in [0.1, 0.15) is 15.6 Å². The van der Waals surface area contributed by atoms with Crippen molar-refractivity contribution in [2.24, 2.45) is 5.41 Å². The average molecular weight is 283 g/mol. The number of nitrogens with one attached hydrogen (secondary N) is 2. The van der Waals surface area contributed by atoms with Crippen molar-refractivity contribution in [1.29, 1.82) is 0 Å². The summed E-state index contributed by atoms with van der Waals surface area (Å²) in [5, 5.41) is 6.96. The molecule has 1 saturated carbocycles. The first-order valence-corrected chi connectivity index (χ1v) is 7.30. The van der Waals surface area contributed by atoms with E-state index in [0.717, 1.165) is 11.5 Å². The molecule has 2 rings (SSSR count). The molecular formula is C13H21N3O2S. The summed E-state index contributed by atoms with van der Waals surface area (Å²) in [7, 11) is 1.57. The van der Waals surface area contributed by atoms with E-state index in [1.807, 2.05) is 6.92 Å². The van der Waals surface area contributed by atoms with E-state index >= 15 is 0 Å². The molecule has 0 aliphatic heterocycles. The maximum Gasteiger partial charge on any atom is 0.263 e. The molecule has 0 atom stereocenters. The van der Waals surface area contributed by atoms with E-state index in [9.17, 15) is 4.79 Å². The molecule has 1 aliphatic carbocycles. The fourth-order valence-electron chi connectivity index (χ4n) is 1.84. The quantitative estimate of drug-likeness (QED) is 0.748. The second-order valence-corrected chi connectivity index (χ2v) is 6.25. The van der Waals surface area contributed by atoms with Crippen molar-refractivity contribution in [2.75, 3.05) is 31.2 Å². The predicted octanol–water partition coefficient (Wildman–Crippen LogP) is 2.30. The van der Waals surface area contributed by atoms with Crippen molar-refractivity contribution in [3.05, 3.63) is 4.88 Å². The molecule has 1 amide bonds. The molecule has 1 heterocycles. The average Bonchev–Trinajstić information content (AvgIpc) is 3.01. The van der Waals surface area contributed by atoms with Gasteiger partial charge in [0.15, 0.2) is 5.75 Å². The molecule has 1 aliphatic rings. The highest BCUT2D eigenvalue weighted by Gasteiger charge is 2.37. The number of nitrogens with two attached hydrogens (primary N) is 1. The van der Waals surface area contributed by atoms with Crippen LogP contribution >= 0.6 is 11.3 Å². The summed E-state index contributed by atoms with van der Waals surface area (Å²) < 4.78 is 5.31. The highest BCUT2D eigenvalue weighted by Crippen LogP contribution is 2.47. The Hall–Kier alpha value is -1.43. The Labute approximate surface area is 117 Å². The summed E-state index contributed by atoms with van der Waals surface area (Å²) in [6.07, 6.45) is 2.48. The standard InChI is InChI=1S/C13H21N3O2S/c1-4-15-11(17)10-8(14)9(18-3)12(19-10)16-7-13(2)5-6-13/h16H,4-7,14H2,1-3H3,(H,15,17). The first kappa shape index (κ1) is 14.0. The van der Waals surface area contributed by atoms with E-state index in [1.165, 1.54) is 24.2 Å². The van der Waals surface area contributed by atoms with E-state index in [2.05, 4.69) is 17.6 Å². The maximum absolute atomic E-state index is 11.9. The molecule has 106 valence electrons. The van der Waals surface area contributed by atoms with Crippen LogP contribution in [0.5, 0.6) is 5.75 Å². The van der Waals surface area contributed by atoms with Gasteiger partial charge in [-0.05, 0) is 25.2 Å². The van der Waals surface area contributed by atoms with E-state index in [1.54, 1.807) is 7.11 Å². The molecule has 1 aromatic heterocycles. The Morgan fingerprint density at radius 2 is 2.21 bits per heavy atom. The zero-order chi connectivity index (χ0) is 14.0. The molecule has 1 fully saturated rings. The molecule has 0 bridgehead atoms. The number of thiophene rings is 1. The van der Waals surface area contributed by atoms with E-state index in [4.69, 9.17) is 10.5 Å². The van der Waals surface area contributed by atoms with Gasteiger partial charge in [0.25, 0.3) is 5.91 Å². The first-order chi connectivity index (χ1) is 9.00. The van der Waals surface area contributed by atoms with Crippen LogP contribution in [0.15, 0.2) is 0 Å². The Kier molecular flexibility index (Phi) is 3.89. The highest BCUT2D eigenvalue weighted by molar-refractivity contribution is 7.19. The van der Waals surface area contributed by atoms with Crippen LogP contribution in [0.1, 0.15) is 36.4 Å². The Bertz CT molecular complexity index is 480. The third kappa shape index (κ3) is 2.94. The molecule has 0 unspecified atom stereocenters. The normalized spacial score (nSPS) is 15.9. The van der Waals surface area contributed by atoms with Crippen LogP contribution in [0.25, 0.3) is 0 Å². The van der Waals surface area contributed by atoms with Gasteiger partial charge >= 0.3 is 0 Å². The third-order valence-corrected chi connectivity index (χ3v) is 4.57. The smallest absolute Gasteiger partial charge is 0.263 e. The van der Waals surface area contributed by atoms with E-state index < -0.39 is 0 Å². The fraction of sp³-hybridized carbons (Fsp3) is 0.615. The summed E-state index contributed by atoms with van der Waals surface area (Å²) in [5.74, 6) is 0.435. The van der Waals surface area contributed by atoms with Gasteiger partial charge in [0.2, 0.25) is 0 Å². The molecule has 6 heteroatoms. The molecule has 1 aromatic rings. The number of ether oxygens (including phenoxy) is 1. The Morgan fingerprint density at radius 1 is 1.53 bits per heavy atom. The van der Waals surface area contributed by atoms with Crippen LogP contribution in [0.4, 0.5) is 10.7 Å². The van der Waals surface area contributed by atoms with Gasteiger partial charge < -0.3 is 21.1 Å². The minimum absolute atomic E-state index is 0.144. The van der Waals surface area contributed by atoms with E-state index in [0.29, 0.717) is 28.3 Å². The SMILES string of the molecule is CCNC(=O)c1sc(NCC2(C)CC2)c(OC)c1N. The van der Waals surface area contributed by atoms with E-state index in [-0.39, 0.29) is 5.91 Å². The highest BCUT2D eigenvalue weighted by atomic mass is 32.1. The lowest BCUT2D eigenvalue weighted by atomic mass is 10.1. The largest absolute Gasteiger partial charge is 0.492 e. The molecular weight excluding hydrogens is 262 g/mol. The number of rotatable bonds is 6. The van der Waals surface area contributed by atoms with Crippen molar-refractivity contribution >= 4 is 27.9 Å². The summed E-state index contributed by atoms with van der Waals surface area (Å²) in [4.78, 5) is 12.4. The predicted molar refractivity (Wildman–Crippen MR) is 79.1 cm³/mol. The summed E-state index contributed by atoms with van der Waals surface area (Å²) >= 11 is 1.35. The molecule has 5 nitrogen and oxygen atoms in total. The van der Waals surface area contributed by atoms with Crippen LogP contribution in [0, 0.1) is 5.41 Å². The molecule has 0 aromatic carbocycles. The van der Waals surface area contributed by atoms with Crippen LogP contribution in [0.3, 0.4) is 0 Å².